The Morgan fingerprint density at radius 2 is 2.07 bits per heavy atom. The average molecular weight is 367 g/mol. The summed E-state index contributed by atoms with van der Waals surface area (Å²) in [6.07, 6.45) is 6.34. The highest BCUT2D eigenvalue weighted by Crippen LogP contribution is 2.31. The van der Waals surface area contributed by atoms with E-state index < -0.39 is 5.97 Å². The van der Waals surface area contributed by atoms with Crippen molar-refractivity contribution in [1.29, 1.82) is 0 Å². The van der Waals surface area contributed by atoms with E-state index in [0.717, 1.165) is 31.5 Å². The molecule has 0 saturated carbocycles. The summed E-state index contributed by atoms with van der Waals surface area (Å²) in [6.45, 7) is 2.99. The topological polar surface area (TPSA) is 55.6 Å². The minimum atomic E-state index is -0.412. The lowest BCUT2D eigenvalue weighted by Gasteiger charge is -2.16. The van der Waals surface area contributed by atoms with Crippen molar-refractivity contribution in [2.45, 2.75) is 32.6 Å². The van der Waals surface area contributed by atoms with Gasteiger partial charge in [-0.2, -0.15) is 5.10 Å². The van der Waals surface area contributed by atoms with Crippen molar-refractivity contribution < 1.29 is 13.9 Å². The highest BCUT2D eigenvalue weighted by molar-refractivity contribution is 6.03. The van der Waals surface area contributed by atoms with Crippen molar-refractivity contribution in [2.24, 2.45) is 0 Å². The summed E-state index contributed by atoms with van der Waals surface area (Å²) in [4.78, 5) is 12.7. The Morgan fingerprint density at radius 3 is 2.85 bits per heavy atom. The maximum Gasteiger partial charge on any atom is 0.342 e. The molecule has 3 aromatic rings. The lowest BCUT2D eigenvalue weighted by Crippen LogP contribution is -2.10. The van der Waals surface area contributed by atoms with E-state index in [1.165, 1.54) is 24.1 Å². The van der Waals surface area contributed by atoms with Crippen LogP contribution in [0.4, 0.5) is 10.1 Å². The molecule has 1 aromatic carbocycles. The molecule has 140 valence electrons. The molecule has 2 aromatic heterocycles. The highest BCUT2D eigenvalue weighted by Gasteiger charge is 2.23. The molecule has 5 nitrogen and oxygen atoms in total. The van der Waals surface area contributed by atoms with E-state index in [0.29, 0.717) is 22.3 Å². The van der Waals surface area contributed by atoms with Gasteiger partial charge in [-0.25, -0.2) is 13.7 Å². The Hall–Kier alpha value is -2.89. The summed E-state index contributed by atoms with van der Waals surface area (Å²) >= 11 is 0. The third kappa shape index (κ3) is 3.39. The molecule has 27 heavy (non-hydrogen) atoms. The van der Waals surface area contributed by atoms with Crippen molar-refractivity contribution in [2.75, 3.05) is 18.5 Å². The second kappa shape index (κ2) is 7.39. The first-order valence-electron chi connectivity index (χ1n) is 9.39. The number of nitrogens with zero attached hydrogens (tertiary/aromatic N) is 2. The van der Waals surface area contributed by atoms with Crippen LogP contribution in [0.1, 0.15) is 42.1 Å². The lowest BCUT2D eigenvalue weighted by atomic mass is 10.0. The van der Waals surface area contributed by atoms with Gasteiger partial charge in [0.05, 0.1) is 24.0 Å². The van der Waals surface area contributed by atoms with Gasteiger partial charge < -0.3 is 10.1 Å². The van der Waals surface area contributed by atoms with Gasteiger partial charge in [-0.3, -0.25) is 0 Å². The van der Waals surface area contributed by atoms with Gasteiger partial charge >= 0.3 is 5.97 Å². The van der Waals surface area contributed by atoms with Crippen molar-refractivity contribution in [3.05, 3.63) is 53.5 Å². The third-order valence-corrected chi connectivity index (χ3v) is 4.89. The third-order valence-electron chi connectivity index (χ3n) is 4.89. The maximum atomic E-state index is 13.3. The van der Waals surface area contributed by atoms with E-state index in [4.69, 9.17) is 4.74 Å². The lowest BCUT2D eigenvalue weighted by molar-refractivity contribution is 0.0529. The number of benzene rings is 1. The number of fused-ring (bicyclic) bond motifs is 2. The molecule has 0 saturated heterocycles. The van der Waals surface area contributed by atoms with E-state index >= 15 is 0 Å². The van der Waals surface area contributed by atoms with Crippen LogP contribution in [0.2, 0.25) is 0 Å². The zero-order valence-electron chi connectivity index (χ0n) is 15.3. The molecule has 0 aliphatic carbocycles. The van der Waals surface area contributed by atoms with E-state index in [9.17, 15) is 9.18 Å². The summed E-state index contributed by atoms with van der Waals surface area (Å²) in [6, 6.07) is 8.03. The normalized spacial score (nSPS) is 14.1. The van der Waals surface area contributed by atoms with Gasteiger partial charge in [0, 0.05) is 12.1 Å². The number of carbonyl (C=O) groups excluding carboxylic acids is 1. The number of rotatable bonds is 3. The second-order valence-electron chi connectivity index (χ2n) is 6.73. The Morgan fingerprint density at radius 1 is 1.26 bits per heavy atom. The first-order chi connectivity index (χ1) is 13.2. The number of nitrogens with one attached hydrogen (secondary N) is 1. The molecule has 0 fully saturated rings. The number of aryl methyl sites for hydroxylation is 1. The number of halogens is 1. The fourth-order valence-electron chi connectivity index (χ4n) is 3.55. The standard InChI is InChI=1S/C21H22FN3O2/c1-2-27-21(26)19-18-12-15-6-4-3-5-11-23-17(15)13-25(18)24-20(19)14-7-9-16(22)10-8-14/h7-10,12-13,23H,2-6,11H2,1H3. The molecule has 0 spiro atoms. The van der Waals surface area contributed by atoms with Crippen molar-refractivity contribution in [3.63, 3.8) is 0 Å². The van der Waals surface area contributed by atoms with Gasteiger partial charge in [-0.15, -0.1) is 0 Å². The molecule has 1 aliphatic heterocycles. The molecule has 0 radical (unpaired) electrons. The van der Waals surface area contributed by atoms with Crippen LogP contribution >= 0.6 is 0 Å². The minimum absolute atomic E-state index is 0.283. The van der Waals surface area contributed by atoms with E-state index in [2.05, 4.69) is 10.4 Å². The quantitative estimate of drug-likeness (QED) is 0.695. The van der Waals surface area contributed by atoms with E-state index in [-0.39, 0.29) is 12.4 Å². The smallest absolute Gasteiger partial charge is 0.342 e. The average Bonchev–Trinajstić information content (AvgIpc) is 3.01. The van der Waals surface area contributed by atoms with E-state index in [1.54, 1.807) is 23.6 Å². The predicted octanol–water partition coefficient (Wildman–Crippen LogP) is 4.46. The molecule has 1 N–H and O–H groups in total. The Balaban J connectivity index is 1.92. The molecular formula is C21H22FN3O2. The minimum Gasteiger partial charge on any atom is -0.462 e. The number of ether oxygens (including phenoxy) is 1. The molecular weight excluding hydrogens is 345 g/mol. The number of hydrogen-bond donors (Lipinski definition) is 1. The largest absolute Gasteiger partial charge is 0.462 e. The van der Waals surface area contributed by atoms with Crippen LogP contribution in [0.3, 0.4) is 0 Å². The summed E-state index contributed by atoms with van der Waals surface area (Å²) in [5.41, 5.74) is 4.56. The van der Waals surface area contributed by atoms with Crippen LogP contribution < -0.4 is 5.32 Å². The van der Waals surface area contributed by atoms with Crippen LogP contribution in [-0.2, 0) is 11.2 Å². The number of pyridine rings is 1. The molecule has 0 bridgehead atoms. The first-order valence-corrected chi connectivity index (χ1v) is 9.39. The highest BCUT2D eigenvalue weighted by atomic mass is 19.1. The van der Waals surface area contributed by atoms with Gasteiger partial charge in [-0.05, 0) is 62.1 Å². The fraction of sp³-hybridized carbons (Fsp3) is 0.333. The maximum absolute atomic E-state index is 13.3. The van der Waals surface area contributed by atoms with Crippen LogP contribution in [-0.4, -0.2) is 28.7 Å². The first kappa shape index (κ1) is 17.5. The number of anilines is 1. The van der Waals surface area contributed by atoms with Crippen LogP contribution in [0.15, 0.2) is 36.5 Å². The predicted molar refractivity (Wildman–Crippen MR) is 103 cm³/mol. The Kier molecular flexibility index (Phi) is 4.79. The number of carbonyl (C=O) groups is 1. The number of hydrogen-bond acceptors (Lipinski definition) is 4. The zero-order valence-corrected chi connectivity index (χ0v) is 15.3. The molecule has 0 unspecified atom stereocenters. The number of aromatic nitrogens is 2. The fourth-order valence-corrected chi connectivity index (χ4v) is 3.55. The monoisotopic (exact) mass is 367 g/mol. The van der Waals surface area contributed by atoms with Crippen LogP contribution in [0.25, 0.3) is 16.8 Å². The second-order valence-corrected chi connectivity index (χ2v) is 6.73. The molecule has 4 rings (SSSR count). The van der Waals surface area contributed by atoms with Crippen molar-refractivity contribution in [3.8, 4) is 11.3 Å². The summed E-state index contributed by atoms with van der Waals surface area (Å²) in [5, 5.41) is 8.09. The zero-order chi connectivity index (χ0) is 18.8. The van der Waals surface area contributed by atoms with Gasteiger partial charge in [0.25, 0.3) is 0 Å². The molecule has 3 heterocycles. The van der Waals surface area contributed by atoms with Crippen molar-refractivity contribution >= 4 is 17.2 Å². The SMILES string of the molecule is CCOC(=O)c1c(-c2ccc(F)cc2)nn2cc3c(cc12)CCCCCN3. The van der Waals surface area contributed by atoms with Crippen LogP contribution in [0, 0.1) is 5.82 Å². The molecule has 6 heteroatoms. The molecule has 1 aliphatic rings. The number of esters is 1. The Bertz CT molecular complexity index is 979. The van der Waals surface area contributed by atoms with Gasteiger partial charge in [0.2, 0.25) is 0 Å². The Labute approximate surface area is 157 Å². The van der Waals surface area contributed by atoms with Gasteiger partial charge in [0.15, 0.2) is 0 Å². The summed E-state index contributed by atoms with van der Waals surface area (Å²) in [7, 11) is 0. The van der Waals surface area contributed by atoms with Crippen molar-refractivity contribution in [1.82, 2.24) is 9.61 Å². The molecule has 0 amide bonds. The molecule has 0 atom stereocenters. The van der Waals surface area contributed by atoms with Gasteiger partial charge in [-0.1, -0.05) is 6.42 Å². The van der Waals surface area contributed by atoms with E-state index in [1.807, 2.05) is 12.3 Å². The van der Waals surface area contributed by atoms with Gasteiger partial charge in [0.1, 0.15) is 17.1 Å². The summed E-state index contributed by atoms with van der Waals surface area (Å²) in [5.74, 6) is -0.738. The summed E-state index contributed by atoms with van der Waals surface area (Å²) < 4.78 is 20.4. The van der Waals surface area contributed by atoms with Crippen LogP contribution in [0.5, 0.6) is 0 Å².